The fraction of sp³-hybridized carbons (Fsp3) is 0.286. The smallest absolute Gasteiger partial charge is 0.258 e. The molecule has 10 nitrogen and oxygen atoms in total. The molecule has 38 heavy (non-hydrogen) atoms. The summed E-state index contributed by atoms with van der Waals surface area (Å²) in [6.45, 7) is 2.89. The van der Waals surface area contributed by atoms with Crippen LogP contribution >= 0.6 is 0 Å². The zero-order valence-electron chi connectivity index (χ0n) is 21.4. The lowest BCUT2D eigenvalue weighted by Crippen LogP contribution is -2.19. The van der Waals surface area contributed by atoms with Crippen molar-refractivity contribution in [2.45, 2.75) is 25.7 Å². The number of rotatable bonds is 9. The van der Waals surface area contributed by atoms with E-state index >= 15 is 0 Å². The van der Waals surface area contributed by atoms with Crippen molar-refractivity contribution in [2.24, 2.45) is 0 Å². The fourth-order valence-electron chi connectivity index (χ4n) is 3.99. The summed E-state index contributed by atoms with van der Waals surface area (Å²) in [5.41, 5.74) is 4.19. The molecule has 1 fully saturated rings. The van der Waals surface area contributed by atoms with Gasteiger partial charge in [0.1, 0.15) is 18.4 Å². The summed E-state index contributed by atoms with van der Waals surface area (Å²) in [5, 5.41) is 16.2. The molecular weight excluding hydrogens is 482 g/mol. The molecule has 1 N–H and O–H groups in total. The number of anilines is 1. The highest BCUT2D eigenvalue weighted by Crippen LogP contribution is 2.45. The number of hydrogen-bond donors (Lipinski definition) is 1. The minimum absolute atomic E-state index is 0.319. The van der Waals surface area contributed by atoms with Crippen molar-refractivity contribution in [1.82, 2.24) is 25.0 Å². The summed E-state index contributed by atoms with van der Waals surface area (Å²) in [7, 11) is 3.88. The van der Waals surface area contributed by atoms with Crippen LogP contribution in [0.25, 0.3) is 22.8 Å². The molecular formula is C28H27N7O3. The first-order chi connectivity index (χ1) is 18.4. The zero-order chi connectivity index (χ0) is 26.6. The Hall–Kier alpha value is -4.62. The Balaban J connectivity index is 1.32. The monoisotopic (exact) mass is 509 g/mol. The number of amides is 1. The molecule has 0 atom stereocenters. The molecule has 1 aliphatic carbocycles. The van der Waals surface area contributed by atoms with Crippen molar-refractivity contribution >= 4 is 11.6 Å². The van der Waals surface area contributed by atoms with Crippen LogP contribution in [0.1, 0.15) is 46.1 Å². The second-order valence-corrected chi connectivity index (χ2v) is 9.44. The molecule has 0 radical (unpaired) electrons. The van der Waals surface area contributed by atoms with Crippen molar-refractivity contribution in [3.63, 3.8) is 0 Å². The van der Waals surface area contributed by atoms with Crippen molar-refractivity contribution in [2.75, 3.05) is 32.6 Å². The van der Waals surface area contributed by atoms with Crippen LogP contribution in [0, 0.1) is 18.3 Å². The summed E-state index contributed by atoms with van der Waals surface area (Å²) in [4.78, 5) is 28.2. The van der Waals surface area contributed by atoms with Crippen LogP contribution in [-0.4, -0.2) is 58.2 Å². The number of ether oxygens (including phenoxy) is 1. The SMILES string of the molecule is Cc1nc(-c2ccc(-c3ncc(C(=O)Nc4ccc(C#N)c(OCCN(C)C)c4)cn3)c(C3CC3)c2)no1. The number of hydrogen-bond acceptors (Lipinski definition) is 9. The van der Waals surface area contributed by atoms with E-state index in [9.17, 15) is 10.1 Å². The number of aromatic nitrogens is 4. The van der Waals surface area contributed by atoms with E-state index in [0.29, 0.717) is 59.2 Å². The third-order valence-corrected chi connectivity index (χ3v) is 6.17. The van der Waals surface area contributed by atoms with E-state index in [1.807, 2.05) is 31.1 Å². The van der Waals surface area contributed by atoms with Crippen LogP contribution in [0.3, 0.4) is 0 Å². The van der Waals surface area contributed by atoms with E-state index in [0.717, 1.165) is 29.5 Å². The molecule has 0 spiro atoms. The first-order valence-electron chi connectivity index (χ1n) is 12.3. The molecule has 4 aromatic rings. The molecule has 2 aromatic carbocycles. The number of nitrogens with one attached hydrogen (secondary N) is 1. The largest absolute Gasteiger partial charge is 0.491 e. The van der Waals surface area contributed by atoms with Crippen molar-refractivity contribution in [1.29, 1.82) is 5.26 Å². The Morgan fingerprint density at radius 3 is 2.61 bits per heavy atom. The molecule has 1 saturated carbocycles. The predicted octanol–water partition coefficient (Wildman–Crippen LogP) is 4.44. The number of carbonyl (C=O) groups is 1. The van der Waals surface area contributed by atoms with Crippen molar-refractivity contribution < 1.29 is 14.1 Å². The summed E-state index contributed by atoms with van der Waals surface area (Å²) in [5.74, 6) is 2.13. The molecule has 0 aliphatic heterocycles. The summed E-state index contributed by atoms with van der Waals surface area (Å²) in [6.07, 6.45) is 5.24. The number of aryl methyl sites for hydroxylation is 1. The Bertz CT molecular complexity index is 1500. The lowest BCUT2D eigenvalue weighted by Gasteiger charge is -2.13. The first-order valence-corrected chi connectivity index (χ1v) is 12.3. The highest BCUT2D eigenvalue weighted by molar-refractivity contribution is 6.04. The van der Waals surface area contributed by atoms with Gasteiger partial charge in [-0.15, -0.1) is 0 Å². The molecule has 192 valence electrons. The number of nitrogens with zero attached hydrogens (tertiary/aromatic N) is 6. The van der Waals surface area contributed by atoms with Gasteiger partial charge in [0.2, 0.25) is 11.7 Å². The normalized spacial score (nSPS) is 12.8. The van der Waals surface area contributed by atoms with Gasteiger partial charge in [0.05, 0.1) is 11.1 Å². The molecule has 5 rings (SSSR count). The lowest BCUT2D eigenvalue weighted by molar-refractivity contribution is 0.102. The average Bonchev–Trinajstić information content (AvgIpc) is 3.68. The Labute approximate surface area is 220 Å². The quantitative estimate of drug-likeness (QED) is 0.348. The number of likely N-dealkylation sites (N-methyl/N-ethyl adjacent to an activating group) is 1. The zero-order valence-corrected chi connectivity index (χ0v) is 21.4. The van der Waals surface area contributed by atoms with Gasteiger partial charge < -0.3 is 19.5 Å². The van der Waals surface area contributed by atoms with Gasteiger partial charge in [0.15, 0.2) is 5.82 Å². The van der Waals surface area contributed by atoms with Gasteiger partial charge in [-0.2, -0.15) is 10.2 Å². The lowest BCUT2D eigenvalue weighted by atomic mass is 9.99. The highest BCUT2D eigenvalue weighted by Gasteiger charge is 2.28. The number of carbonyl (C=O) groups excluding carboxylic acids is 1. The van der Waals surface area contributed by atoms with E-state index in [-0.39, 0.29) is 5.91 Å². The molecule has 10 heteroatoms. The topological polar surface area (TPSA) is 130 Å². The van der Waals surface area contributed by atoms with Gasteiger partial charge in [-0.25, -0.2) is 9.97 Å². The van der Waals surface area contributed by atoms with Crippen LogP contribution in [0.4, 0.5) is 5.69 Å². The molecule has 0 bridgehead atoms. The van der Waals surface area contributed by atoms with E-state index < -0.39 is 0 Å². The second kappa shape index (κ2) is 10.8. The van der Waals surface area contributed by atoms with Crippen LogP contribution in [0.2, 0.25) is 0 Å². The third kappa shape index (κ3) is 5.68. The van der Waals surface area contributed by atoms with Crippen LogP contribution in [-0.2, 0) is 0 Å². The van der Waals surface area contributed by atoms with Crippen molar-refractivity contribution in [3.8, 4) is 34.6 Å². The minimum Gasteiger partial charge on any atom is -0.491 e. The van der Waals surface area contributed by atoms with Gasteiger partial charge in [-0.05, 0) is 56.6 Å². The van der Waals surface area contributed by atoms with Crippen LogP contribution in [0.5, 0.6) is 5.75 Å². The van der Waals surface area contributed by atoms with E-state index in [2.05, 4.69) is 37.6 Å². The van der Waals surface area contributed by atoms with Gasteiger partial charge in [0.25, 0.3) is 5.91 Å². The van der Waals surface area contributed by atoms with Gasteiger partial charge in [-0.1, -0.05) is 17.3 Å². The second-order valence-electron chi connectivity index (χ2n) is 9.44. The van der Waals surface area contributed by atoms with Crippen molar-refractivity contribution in [3.05, 3.63) is 71.4 Å². The average molecular weight is 510 g/mol. The Morgan fingerprint density at radius 1 is 1.16 bits per heavy atom. The van der Waals surface area contributed by atoms with E-state index in [1.54, 1.807) is 25.1 Å². The maximum absolute atomic E-state index is 12.9. The van der Waals surface area contributed by atoms with Crippen LogP contribution < -0.4 is 10.1 Å². The van der Waals surface area contributed by atoms with E-state index in [4.69, 9.17) is 9.26 Å². The van der Waals surface area contributed by atoms with Gasteiger partial charge in [0, 0.05) is 48.7 Å². The fourth-order valence-corrected chi connectivity index (χ4v) is 3.99. The predicted molar refractivity (Wildman–Crippen MR) is 141 cm³/mol. The third-order valence-electron chi connectivity index (χ3n) is 6.17. The molecule has 1 aliphatic rings. The first kappa shape index (κ1) is 25.0. The standard InChI is InChI=1S/C28H27N7O3/c1-17-32-26(34-38-17)19-7-9-23(24(12-19)18-4-5-18)27-30-15-21(16-31-27)28(36)33-22-8-6-20(14-29)25(13-22)37-11-10-35(2)3/h6-9,12-13,15-16,18H,4-5,10-11H2,1-3H3,(H,33,36). The summed E-state index contributed by atoms with van der Waals surface area (Å²) >= 11 is 0. The summed E-state index contributed by atoms with van der Waals surface area (Å²) < 4.78 is 10.9. The van der Waals surface area contributed by atoms with Gasteiger partial charge in [-0.3, -0.25) is 4.79 Å². The van der Waals surface area contributed by atoms with E-state index in [1.165, 1.54) is 12.4 Å². The number of benzene rings is 2. The molecule has 0 unspecified atom stereocenters. The molecule has 2 aromatic heterocycles. The minimum atomic E-state index is -0.356. The Kier molecular flexibility index (Phi) is 7.11. The number of nitriles is 1. The summed E-state index contributed by atoms with van der Waals surface area (Å²) in [6, 6.07) is 13.0. The molecule has 0 saturated heterocycles. The van der Waals surface area contributed by atoms with Crippen LogP contribution in [0.15, 0.2) is 53.3 Å². The highest BCUT2D eigenvalue weighted by atomic mass is 16.5. The Morgan fingerprint density at radius 2 is 1.95 bits per heavy atom. The maximum atomic E-state index is 12.9. The molecule has 1 amide bonds. The maximum Gasteiger partial charge on any atom is 0.258 e. The molecule has 2 heterocycles. The van der Waals surface area contributed by atoms with Gasteiger partial charge >= 0.3 is 0 Å².